The Balaban J connectivity index is 3.06. The maximum Gasteiger partial charge on any atom is 0.509 e. The molecule has 0 aromatic heterocycles. The van der Waals surface area contributed by atoms with E-state index in [1.165, 1.54) is 0 Å². The third-order valence-corrected chi connectivity index (χ3v) is 0.733. The van der Waals surface area contributed by atoms with Crippen LogP contribution in [0.4, 0.5) is 4.79 Å². The fourth-order valence-corrected chi connectivity index (χ4v) is 0.374. The maximum atomic E-state index is 10.2. The summed E-state index contributed by atoms with van der Waals surface area (Å²) in [4.78, 5) is 10.2. The zero-order valence-corrected chi connectivity index (χ0v) is 6.11. The summed E-state index contributed by atoms with van der Waals surface area (Å²) in [7, 11) is 0. The Bertz CT molecular complexity index is 85.9. The molecule has 9 heavy (non-hydrogen) atoms. The van der Waals surface area contributed by atoms with Gasteiger partial charge >= 0.3 is 6.16 Å². The van der Waals surface area contributed by atoms with Crippen LogP contribution >= 0.6 is 23.2 Å². The monoisotopic (exact) mass is 172 g/mol. The van der Waals surface area contributed by atoms with Gasteiger partial charge in [-0.3, -0.25) is 0 Å². The molecule has 0 amide bonds. The summed E-state index contributed by atoms with van der Waals surface area (Å²) >= 11 is 10.2. The van der Waals surface area contributed by atoms with Crippen molar-refractivity contribution in [3.8, 4) is 0 Å². The highest BCUT2D eigenvalue weighted by Gasteiger charge is 1.99. The van der Waals surface area contributed by atoms with E-state index < -0.39 is 6.16 Å². The Labute approximate surface area is 62.8 Å². The lowest BCUT2D eigenvalue weighted by Crippen LogP contribution is -2.07. The standard InChI is InChI=1S/C4H6Cl2O3/c5-1-2-8-4(7)9-3-6/h1-3H2. The zero-order valence-electron chi connectivity index (χ0n) is 4.60. The van der Waals surface area contributed by atoms with Crippen LogP contribution in [0.5, 0.6) is 0 Å². The first kappa shape index (κ1) is 8.85. The second-order valence-corrected chi connectivity index (χ2v) is 1.64. The Kier molecular flexibility index (Phi) is 5.88. The molecular formula is C4H6Cl2O3. The summed E-state index contributed by atoms with van der Waals surface area (Å²) in [5, 5.41) is 0. The van der Waals surface area contributed by atoms with Gasteiger partial charge in [0, 0.05) is 0 Å². The molecule has 0 aliphatic carbocycles. The number of ether oxygens (including phenoxy) is 2. The van der Waals surface area contributed by atoms with E-state index in [1.54, 1.807) is 0 Å². The smallest absolute Gasteiger partial charge is 0.433 e. The highest BCUT2D eigenvalue weighted by atomic mass is 35.5. The summed E-state index contributed by atoms with van der Waals surface area (Å²) < 4.78 is 8.54. The van der Waals surface area contributed by atoms with Crippen LogP contribution in [0.3, 0.4) is 0 Å². The maximum absolute atomic E-state index is 10.2. The first-order chi connectivity index (χ1) is 4.31. The Morgan fingerprint density at radius 1 is 1.33 bits per heavy atom. The first-order valence-corrected chi connectivity index (χ1v) is 3.29. The number of halogens is 2. The van der Waals surface area contributed by atoms with Crippen molar-refractivity contribution < 1.29 is 14.3 Å². The average Bonchev–Trinajstić information content (AvgIpc) is 1.85. The molecule has 0 aromatic rings. The van der Waals surface area contributed by atoms with Gasteiger partial charge in [0.15, 0.2) is 6.07 Å². The summed E-state index contributed by atoms with van der Waals surface area (Å²) in [5.41, 5.74) is 0. The number of rotatable bonds is 3. The summed E-state index contributed by atoms with van der Waals surface area (Å²) in [6, 6.07) is -0.193. The third kappa shape index (κ3) is 5.73. The molecule has 0 N–H and O–H groups in total. The van der Waals surface area contributed by atoms with Crippen LogP contribution in [-0.4, -0.2) is 24.7 Å². The van der Waals surface area contributed by atoms with Crippen LogP contribution in [0, 0.1) is 0 Å². The van der Waals surface area contributed by atoms with Crippen molar-refractivity contribution in [3.05, 3.63) is 0 Å². The molecule has 0 saturated heterocycles. The van der Waals surface area contributed by atoms with Crippen LogP contribution < -0.4 is 0 Å². The van der Waals surface area contributed by atoms with E-state index in [1.807, 2.05) is 0 Å². The van der Waals surface area contributed by atoms with E-state index >= 15 is 0 Å². The van der Waals surface area contributed by atoms with E-state index in [9.17, 15) is 4.79 Å². The van der Waals surface area contributed by atoms with E-state index in [2.05, 4.69) is 9.47 Å². The van der Waals surface area contributed by atoms with Gasteiger partial charge in [0.2, 0.25) is 0 Å². The van der Waals surface area contributed by atoms with E-state index in [-0.39, 0.29) is 18.6 Å². The predicted octanol–water partition coefficient (Wildman–Crippen LogP) is 1.57. The molecule has 0 rings (SSSR count). The quantitative estimate of drug-likeness (QED) is 0.480. The highest BCUT2D eigenvalue weighted by Crippen LogP contribution is 1.87. The number of carbonyl (C=O) groups excluding carboxylic acids is 1. The molecule has 0 aromatic carbocycles. The Morgan fingerprint density at radius 3 is 2.44 bits per heavy atom. The van der Waals surface area contributed by atoms with Gasteiger partial charge in [-0.2, -0.15) is 0 Å². The second-order valence-electron chi connectivity index (χ2n) is 1.04. The van der Waals surface area contributed by atoms with Gasteiger partial charge in [0.1, 0.15) is 6.61 Å². The molecule has 0 aliphatic rings. The van der Waals surface area contributed by atoms with E-state index in [0.29, 0.717) is 0 Å². The van der Waals surface area contributed by atoms with Gasteiger partial charge < -0.3 is 9.47 Å². The third-order valence-electron chi connectivity index (χ3n) is 0.469. The summed E-state index contributed by atoms with van der Waals surface area (Å²) in [6.07, 6.45) is -0.786. The molecule has 3 nitrogen and oxygen atoms in total. The SMILES string of the molecule is O=C(OCCl)OCCCl. The molecule has 0 unspecified atom stereocenters. The molecule has 0 fully saturated rings. The van der Waals surface area contributed by atoms with Crippen molar-refractivity contribution in [1.82, 2.24) is 0 Å². The Morgan fingerprint density at radius 2 is 2.00 bits per heavy atom. The summed E-state index contributed by atoms with van der Waals surface area (Å²) in [6.45, 7) is 0.150. The fraction of sp³-hybridized carbons (Fsp3) is 0.750. The minimum absolute atomic E-state index is 0.150. The van der Waals surface area contributed by atoms with E-state index in [4.69, 9.17) is 23.2 Å². The largest absolute Gasteiger partial charge is 0.509 e. The van der Waals surface area contributed by atoms with Crippen LogP contribution in [0.15, 0.2) is 0 Å². The van der Waals surface area contributed by atoms with Gasteiger partial charge in [-0.25, -0.2) is 4.79 Å². The molecule has 0 saturated carbocycles. The number of carbonyl (C=O) groups is 1. The van der Waals surface area contributed by atoms with Crippen LogP contribution in [0.1, 0.15) is 0 Å². The molecule has 5 heteroatoms. The normalized spacial score (nSPS) is 8.67. The summed E-state index contributed by atoms with van der Waals surface area (Å²) in [5.74, 6) is 0.261. The minimum Gasteiger partial charge on any atom is -0.433 e. The van der Waals surface area contributed by atoms with Crippen LogP contribution in [-0.2, 0) is 9.47 Å². The molecule has 0 atom stereocenters. The number of hydrogen-bond donors (Lipinski definition) is 0. The van der Waals surface area contributed by atoms with Gasteiger partial charge in [-0.1, -0.05) is 11.6 Å². The average molecular weight is 173 g/mol. The predicted molar refractivity (Wildman–Crippen MR) is 33.9 cm³/mol. The molecule has 0 heterocycles. The first-order valence-electron chi connectivity index (χ1n) is 2.22. The molecule has 54 valence electrons. The highest BCUT2D eigenvalue weighted by molar-refractivity contribution is 6.18. The lowest BCUT2D eigenvalue weighted by Gasteiger charge is -1.99. The van der Waals surface area contributed by atoms with Gasteiger partial charge in [-0.15, -0.1) is 11.6 Å². The topological polar surface area (TPSA) is 35.5 Å². The van der Waals surface area contributed by atoms with Crippen LogP contribution in [0.25, 0.3) is 0 Å². The Hall–Kier alpha value is -0.150. The molecule has 0 radical (unpaired) electrons. The van der Waals surface area contributed by atoms with Crippen LogP contribution in [0.2, 0.25) is 0 Å². The molecule has 0 aliphatic heterocycles. The van der Waals surface area contributed by atoms with Crippen molar-refractivity contribution >= 4 is 29.4 Å². The van der Waals surface area contributed by atoms with E-state index in [0.717, 1.165) is 0 Å². The van der Waals surface area contributed by atoms with Crippen molar-refractivity contribution in [1.29, 1.82) is 0 Å². The van der Waals surface area contributed by atoms with Gasteiger partial charge in [0.25, 0.3) is 0 Å². The molecular weight excluding hydrogens is 167 g/mol. The lowest BCUT2D eigenvalue weighted by molar-refractivity contribution is 0.0725. The van der Waals surface area contributed by atoms with Crippen molar-refractivity contribution in [2.24, 2.45) is 0 Å². The zero-order chi connectivity index (χ0) is 7.11. The molecule has 0 spiro atoms. The van der Waals surface area contributed by atoms with Crippen molar-refractivity contribution in [3.63, 3.8) is 0 Å². The van der Waals surface area contributed by atoms with Gasteiger partial charge in [-0.05, 0) is 0 Å². The second kappa shape index (κ2) is 5.98. The van der Waals surface area contributed by atoms with Crippen molar-refractivity contribution in [2.45, 2.75) is 0 Å². The minimum atomic E-state index is -0.786. The molecule has 0 bridgehead atoms. The van der Waals surface area contributed by atoms with Crippen molar-refractivity contribution in [2.75, 3.05) is 18.6 Å². The lowest BCUT2D eigenvalue weighted by atomic mass is 10.9. The van der Waals surface area contributed by atoms with Gasteiger partial charge in [0.05, 0.1) is 5.88 Å². The number of hydrogen-bond acceptors (Lipinski definition) is 3. The number of alkyl halides is 2. The fourth-order valence-electron chi connectivity index (χ4n) is 0.208.